The van der Waals surface area contributed by atoms with Gasteiger partial charge in [0.2, 0.25) is 5.88 Å². The predicted molar refractivity (Wildman–Crippen MR) is 94.9 cm³/mol. The van der Waals surface area contributed by atoms with Crippen LogP contribution in [-0.2, 0) is 12.7 Å². The summed E-state index contributed by atoms with van der Waals surface area (Å²) in [6.45, 7) is 2.53. The topological polar surface area (TPSA) is 34.2 Å². The zero-order valence-corrected chi connectivity index (χ0v) is 14.0. The van der Waals surface area contributed by atoms with E-state index in [0.29, 0.717) is 18.2 Å². The smallest absolute Gasteiger partial charge is 0.416 e. The van der Waals surface area contributed by atoms with E-state index in [0.717, 1.165) is 28.5 Å². The molecule has 0 bridgehead atoms. The van der Waals surface area contributed by atoms with Crippen molar-refractivity contribution in [3.63, 3.8) is 0 Å². The normalized spacial score (nSPS) is 11.8. The zero-order valence-electron chi connectivity index (χ0n) is 14.0. The van der Waals surface area contributed by atoms with Crippen molar-refractivity contribution in [1.29, 1.82) is 0 Å². The second-order valence-electron chi connectivity index (χ2n) is 5.64. The summed E-state index contributed by atoms with van der Waals surface area (Å²) >= 11 is 0. The highest BCUT2D eigenvalue weighted by Gasteiger charge is 2.30. The SMILES string of the molecule is CC=CNCc1cnc(Oc2ccc(C(F)(F)F)cc2)c2ccccc12. The number of halogens is 3. The molecule has 0 saturated heterocycles. The Bertz CT molecular complexity index is 918. The minimum atomic E-state index is -4.37. The lowest BCUT2D eigenvalue weighted by Crippen LogP contribution is -2.06. The van der Waals surface area contributed by atoms with Gasteiger partial charge in [-0.1, -0.05) is 24.3 Å². The van der Waals surface area contributed by atoms with E-state index in [1.807, 2.05) is 43.5 Å². The van der Waals surface area contributed by atoms with E-state index >= 15 is 0 Å². The molecule has 0 aliphatic rings. The lowest BCUT2D eigenvalue weighted by molar-refractivity contribution is -0.137. The number of hydrogen-bond donors (Lipinski definition) is 1. The Hall–Kier alpha value is -3.02. The number of benzene rings is 2. The highest BCUT2D eigenvalue weighted by Crippen LogP contribution is 2.33. The zero-order chi connectivity index (χ0) is 18.6. The van der Waals surface area contributed by atoms with Crippen LogP contribution < -0.4 is 10.1 Å². The van der Waals surface area contributed by atoms with Crippen LogP contribution in [0.5, 0.6) is 11.6 Å². The van der Waals surface area contributed by atoms with Gasteiger partial charge in [0.15, 0.2) is 0 Å². The van der Waals surface area contributed by atoms with Gasteiger partial charge in [0.1, 0.15) is 5.75 Å². The van der Waals surface area contributed by atoms with Gasteiger partial charge < -0.3 is 10.1 Å². The molecule has 3 rings (SSSR count). The van der Waals surface area contributed by atoms with E-state index in [1.165, 1.54) is 12.1 Å². The number of pyridine rings is 1. The van der Waals surface area contributed by atoms with Gasteiger partial charge in [0, 0.05) is 18.1 Å². The molecule has 1 aromatic heterocycles. The summed E-state index contributed by atoms with van der Waals surface area (Å²) in [4.78, 5) is 4.34. The number of allylic oxidation sites excluding steroid dienone is 1. The van der Waals surface area contributed by atoms with Crippen LogP contribution in [0.25, 0.3) is 10.8 Å². The first-order valence-electron chi connectivity index (χ1n) is 8.05. The number of ether oxygens (including phenoxy) is 1. The van der Waals surface area contributed by atoms with E-state index in [-0.39, 0.29) is 0 Å². The van der Waals surface area contributed by atoms with Gasteiger partial charge in [-0.25, -0.2) is 4.98 Å². The molecule has 0 amide bonds. The Morgan fingerprint density at radius 3 is 2.38 bits per heavy atom. The van der Waals surface area contributed by atoms with Crippen molar-refractivity contribution in [3.05, 3.63) is 78.1 Å². The summed E-state index contributed by atoms with van der Waals surface area (Å²) in [5, 5.41) is 4.94. The van der Waals surface area contributed by atoms with Crippen LogP contribution in [0.3, 0.4) is 0 Å². The van der Waals surface area contributed by atoms with Gasteiger partial charge in [-0.15, -0.1) is 0 Å². The van der Waals surface area contributed by atoms with Crippen molar-refractivity contribution in [2.24, 2.45) is 0 Å². The Kier molecular flexibility index (Phi) is 5.11. The van der Waals surface area contributed by atoms with Crippen molar-refractivity contribution in [2.75, 3.05) is 0 Å². The van der Waals surface area contributed by atoms with Gasteiger partial charge in [-0.2, -0.15) is 13.2 Å². The Balaban J connectivity index is 1.90. The van der Waals surface area contributed by atoms with Crippen LogP contribution in [-0.4, -0.2) is 4.98 Å². The average Bonchev–Trinajstić information content (AvgIpc) is 2.63. The fourth-order valence-electron chi connectivity index (χ4n) is 2.56. The summed E-state index contributed by atoms with van der Waals surface area (Å²) in [5.74, 6) is 0.658. The minimum absolute atomic E-state index is 0.301. The molecule has 26 heavy (non-hydrogen) atoms. The number of nitrogens with zero attached hydrogens (tertiary/aromatic N) is 1. The van der Waals surface area contributed by atoms with Crippen LogP contribution in [0.15, 0.2) is 67.0 Å². The van der Waals surface area contributed by atoms with E-state index in [9.17, 15) is 13.2 Å². The first-order chi connectivity index (χ1) is 12.5. The Morgan fingerprint density at radius 1 is 1.04 bits per heavy atom. The van der Waals surface area contributed by atoms with Crippen molar-refractivity contribution < 1.29 is 17.9 Å². The van der Waals surface area contributed by atoms with Crippen LogP contribution in [0.4, 0.5) is 13.2 Å². The molecule has 3 aromatic rings. The molecule has 0 atom stereocenters. The lowest BCUT2D eigenvalue weighted by Gasteiger charge is -2.12. The molecular weight excluding hydrogens is 341 g/mol. The molecular formula is C20H17F3N2O. The molecule has 0 fully saturated rings. The number of fused-ring (bicyclic) bond motifs is 1. The third kappa shape index (κ3) is 3.96. The van der Waals surface area contributed by atoms with Crippen LogP contribution in [0.2, 0.25) is 0 Å². The summed E-state index contributed by atoms with van der Waals surface area (Å²) < 4.78 is 43.7. The first kappa shape index (κ1) is 17.8. The van der Waals surface area contributed by atoms with Crippen molar-refractivity contribution in [3.8, 4) is 11.6 Å². The maximum Gasteiger partial charge on any atom is 0.416 e. The fraction of sp³-hybridized carbons (Fsp3) is 0.150. The summed E-state index contributed by atoms with van der Waals surface area (Å²) in [6, 6.07) is 12.2. The molecule has 0 unspecified atom stereocenters. The molecule has 134 valence electrons. The fourth-order valence-corrected chi connectivity index (χ4v) is 2.56. The van der Waals surface area contributed by atoms with Gasteiger partial charge in [-0.3, -0.25) is 0 Å². The minimum Gasteiger partial charge on any atom is -0.438 e. The molecule has 0 spiro atoms. The third-order valence-electron chi connectivity index (χ3n) is 3.81. The number of hydrogen-bond acceptors (Lipinski definition) is 3. The number of nitrogens with one attached hydrogen (secondary N) is 1. The average molecular weight is 358 g/mol. The molecule has 0 saturated carbocycles. The molecule has 2 aromatic carbocycles. The summed E-state index contributed by atoms with van der Waals surface area (Å²) in [6.07, 6.45) is 1.09. The van der Waals surface area contributed by atoms with E-state index in [1.54, 1.807) is 6.20 Å². The van der Waals surface area contributed by atoms with E-state index < -0.39 is 11.7 Å². The van der Waals surface area contributed by atoms with Crippen molar-refractivity contribution in [1.82, 2.24) is 10.3 Å². The quantitative estimate of drug-likeness (QED) is 0.638. The first-order valence-corrected chi connectivity index (χ1v) is 8.05. The van der Waals surface area contributed by atoms with Gasteiger partial charge in [0.25, 0.3) is 0 Å². The lowest BCUT2D eigenvalue weighted by atomic mass is 10.1. The highest BCUT2D eigenvalue weighted by atomic mass is 19.4. The van der Waals surface area contributed by atoms with Crippen molar-refractivity contribution >= 4 is 10.8 Å². The molecule has 0 radical (unpaired) electrons. The summed E-state index contributed by atoms with van der Waals surface area (Å²) in [5.41, 5.74) is 0.284. The second kappa shape index (κ2) is 7.47. The van der Waals surface area contributed by atoms with Crippen molar-refractivity contribution in [2.45, 2.75) is 19.6 Å². The second-order valence-corrected chi connectivity index (χ2v) is 5.64. The van der Waals surface area contributed by atoms with Crippen LogP contribution in [0.1, 0.15) is 18.1 Å². The van der Waals surface area contributed by atoms with Gasteiger partial charge in [0.05, 0.1) is 5.56 Å². The van der Waals surface area contributed by atoms with E-state index in [2.05, 4.69) is 10.3 Å². The summed E-state index contributed by atoms with van der Waals surface area (Å²) in [7, 11) is 0. The monoisotopic (exact) mass is 358 g/mol. The molecule has 1 N–H and O–H groups in total. The van der Waals surface area contributed by atoms with Crippen LogP contribution >= 0.6 is 0 Å². The van der Waals surface area contributed by atoms with Gasteiger partial charge in [-0.05, 0) is 54.4 Å². The third-order valence-corrected chi connectivity index (χ3v) is 3.81. The molecule has 0 aliphatic heterocycles. The standard InChI is InChI=1S/C20H17F3N2O/c1-2-11-24-12-14-13-25-19(18-6-4-3-5-17(14)18)26-16-9-7-15(8-10-16)20(21,22)23/h2-11,13,24H,12H2,1H3. The highest BCUT2D eigenvalue weighted by molar-refractivity contribution is 5.89. The Labute approximate surface area is 149 Å². The Morgan fingerprint density at radius 2 is 1.73 bits per heavy atom. The number of alkyl halides is 3. The van der Waals surface area contributed by atoms with Crippen LogP contribution in [0, 0.1) is 0 Å². The maximum atomic E-state index is 12.7. The molecule has 0 aliphatic carbocycles. The predicted octanol–water partition coefficient (Wildman–Crippen LogP) is 5.67. The molecule has 6 heteroatoms. The van der Waals surface area contributed by atoms with E-state index in [4.69, 9.17) is 4.74 Å². The number of aromatic nitrogens is 1. The largest absolute Gasteiger partial charge is 0.438 e. The number of rotatable bonds is 5. The van der Waals surface area contributed by atoms with Gasteiger partial charge >= 0.3 is 6.18 Å². The molecule has 3 nitrogen and oxygen atoms in total. The molecule has 1 heterocycles. The maximum absolute atomic E-state index is 12.7.